The molecular formula is C15H13N3O2S. The van der Waals surface area contributed by atoms with Crippen LogP contribution in [0, 0.1) is 0 Å². The largest absolute Gasteiger partial charge is 0.497 e. The molecule has 0 radical (unpaired) electrons. The summed E-state index contributed by atoms with van der Waals surface area (Å²) in [6.07, 6.45) is 1.70. The molecule has 0 aliphatic carbocycles. The Labute approximate surface area is 126 Å². The summed E-state index contributed by atoms with van der Waals surface area (Å²) in [5, 5.41) is 8.56. The van der Waals surface area contributed by atoms with E-state index in [-0.39, 0.29) is 0 Å². The highest BCUT2D eigenvalue weighted by Gasteiger charge is 2.09. The van der Waals surface area contributed by atoms with Gasteiger partial charge in [0.05, 0.1) is 7.11 Å². The van der Waals surface area contributed by atoms with Crippen molar-refractivity contribution in [2.24, 2.45) is 0 Å². The molecule has 3 aromatic rings. The van der Waals surface area contributed by atoms with Crippen LogP contribution >= 0.6 is 11.8 Å². The van der Waals surface area contributed by atoms with Gasteiger partial charge in [-0.1, -0.05) is 30.0 Å². The highest BCUT2D eigenvalue weighted by atomic mass is 32.2. The number of pyridine rings is 1. The molecule has 2 heterocycles. The predicted molar refractivity (Wildman–Crippen MR) is 80.1 cm³/mol. The molecule has 0 fully saturated rings. The predicted octanol–water partition coefficient (Wildman–Crippen LogP) is 3.43. The molecule has 0 N–H and O–H groups in total. The molecule has 21 heavy (non-hydrogen) atoms. The van der Waals surface area contributed by atoms with E-state index >= 15 is 0 Å². The Morgan fingerprint density at radius 2 is 1.95 bits per heavy atom. The number of hydrogen-bond acceptors (Lipinski definition) is 6. The quantitative estimate of drug-likeness (QED) is 0.673. The number of benzene rings is 1. The molecule has 0 saturated heterocycles. The van der Waals surface area contributed by atoms with Crippen LogP contribution in [0.4, 0.5) is 0 Å². The van der Waals surface area contributed by atoms with Crippen molar-refractivity contribution < 1.29 is 9.15 Å². The number of rotatable bonds is 5. The fourth-order valence-corrected chi connectivity index (χ4v) is 2.45. The van der Waals surface area contributed by atoms with Crippen molar-refractivity contribution in [2.75, 3.05) is 7.11 Å². The van der Waals surface area contributed by atoms with E-state index in [0.29, 0.717) is 16.8 Å². The Balaban J connectivity index is 1.64. The van der Waals surface area contributed by atoms with Gasteiger partial charge in [-0.2, -0.15) is 0 Å². The van der Waals surface area contributed by atoms with E-state index in [1.165, 1.54) is 17.3 Å². The average molecular weight is 299 g/mol. The molecule has 0 aliphatic rings. The summed E-state index contributed by atoms with van der Waals surface area (Å²) >= 11 is 1.49. The summed E-state index contributed by atoms with van der Waals surface area (Å²) in [4.78, 5) is 4.18. The molecule has 3 rings (SSSR count). The molecule has 0 saturated carbocycles. The molecule has 1 aromatic carbocycles. The summed E-state index contributed by atoms with van der Waals surface area (Å²) in [5.74, 6) is 2.04. The lowest BCUT2D eigenvalue weighted by molar-refractivity contribution is 0.414. The van der Waals surface area contributed by atoms with Crippen LogP contribution in [0.2, 0.25) is 0 Å². The lowest BCUT2D eigenvalue weighted by Gasteiger charge is -2.01. The third-order valence-corrected chi connectivity index (χ3v) is 3.70. The van der Waals surface area contributed by atoms with Crippen LogP contribution in [0.15, 0.2) is 58.3 Å². The third-order valence-electron chi connectivity index (χ3n) is 2.81. The standard InChI is InChI=1S/C15H13N3O2S/c1-19-12-7-5-11(6-8-12)10-21-15-18-17-14(20-15)13-4-2-3-9-16-13/h2-9H,10H2,1H3. The second-order valence-electron chi connectivity index (χ2n) is 4.22. The highest BCUT2D eigenvalue weighted by Crippen LogP contribution is 2.25. The molecule has 0 amide bonds. The Kier molecular flexibility index (Phi) is 4.16. The normalized spacial score (nSPS) is 10.5. The van der Waals surface area contributed by atoms with E-state index in [4.69, 9.17) is 9.15 Å². The van der Waals surface area contributed by atoms with Crippen LogP contribution in [0.3, 0.4) is 0 Å². The zero-order valence-corrected chi connectivity index (χ0v) is 12.2. The molecule has 0 spiro atoms. The van der Waals surface area contributed by atoms with Crippen molar-refractivity contribution in [1.82, 2.24) is 15.2 Å². The van der Waals surface area contributed by atoms with Gasteiger partial charge in [-0.3, -0.25) is 4.98 Å². The van der Waals surface area contributed by atoms with Crippen molar-refractivity contribution in [3.8, 4) is 17.3 Å². The Bertz CT molecular complexity index is 698. The minimum atomic E-state index is 0.438. The fraction of sp³-hybridized carbons (Fsp3) is 0.133. The van der Waals surface area contributed by atoms with E-state index in [0.717, 1.165) is 11.5 Å². The Hall–Kier alpha value is -2.34. The van der Waals surface area contributed by atoms with Crippen LogP contribution in [0.25, 0.3) is 11.6 Å². The topological polar surface area (TPSA) is 61.0 Å². The Morgan fingerprint density at radius 3 is 2.67 bits per heavy atom. The smallest absolute Gasteiger partial charge is 0.277 e. The van der Waals surface area contributed by atoms with Crippen LogP contribution in [-0.4, -0.2) is 22.3 Å². The van der Waals surface area contributed by atoms with E-state index in [9.17, 15) is 0 Å². The number of methoxy groups -OCH3 is 1. The molecule has 0 atom stereocenters. The van der Waals surface area contributed by atoms with E-state index in [2.05, 4.69) is 15.2 Å². The average Bonchev–Trinajstić information content (AvgIpc) is 3.03. The number of aromatic nitrogens is 3. The van der Waals surface area contributed by atoms with Crippen molar-refractivity contribution in [1.29, 1.82) is 0 Å². The summed E-state index contributed by atoms with van der Waals surface area (Å²) in [5.41, 5.74) is 1.85. The second kappa shape index (κ2) is 6.41. The first-order chi connectivity index (χ1) is 10.3. The van der Waals surface area contributed by atoms with Gasteiger partial charge >= 0.3 is 0 Å². The van der Waals surface area contributed by atoms with E-state index in [1.807, 2.05) is 42.5 Å². The molecule has 2 aromatic heterocycles. The minimum absolute atomic E-state index is 0.438. The van der Waals surface area contributed by atoms with Crippen molar-refractivity contribution in [3.63, 3.8) is 0 Å². The van der Waals surface area contributed by atoms with Gasteiger partial charge in [-0.15, -0.1) is 10.2 Å². The van der Waals surface area contributed by atoms with Gasteiger partial charge in [0, 0.05) is 11.9 Å². The number of ether oxygens (including phenoxy) is 1. The van der Waals surface area contributed by atoms with E-state index in [1.54, 1.807) is 13.3 Å². The first kappa shape index (κ1) is 13.6. The van der Waals surface area contributed by atoms with Crippen LogP contribution in [0.5, 0.6) is 5.75 Å². The molecule has 5 nitrogen and oxygen atoms in total. The maximum atomic E-state index is 5.59. The van der Waals surface area contributed by atoms with Gasteiger partial charge in [-0.05, 0) is 29.8 Å². The number of nitrogens with zero attached hydrogens (tertiary/aromatic N) is 3. The maximum Gasteiger partial charge on any atom is 0.277 e. The van der Waals surface area contributed by atoms with Crippen LogP contribution in [0.1, 0.15) is 5.56 Å². The number of hydrogen-bond donors (Lipinski definition) is 0. The van der Waals surface area contributed by atoms with Gasteiger partial charge in [-0.25, -0.2) is 0 Å². The number of thioether (sulfide) groups is 1. The van der Waals surface area contributed by atoms with Gasteiger partial charge in [0.1, 0.15) is 11.4 Å². The third kappa shape index (κ3) is 3.41. The molecule has 0 aliphatic heterocycles. The molecule has 0 bridgehead atoms. The van der Waals surface area contributed by atoms with Gasteiger partial charge in [0.2, 0.25) is 0 Å². The summed E-state index contributed by atoms with van der Waals surface area (Å²) in [6, 6.07) is 13.5. The second-order valence-corrected chi connectivity index (χ2v) is 5.15. The lowest BCUT2D eigenvalue weighted by atomic mass is 10.2. The lowest BCUT2D eigenvalue weighted by Crippen LogP contribution is -1.84. The Morgan fingerprint density at radius 1 is 1.10 bits per heavy atom. The highest BCUT2D eigenvalue weighted by molar-refractivity contribution is 7.98. The fourth-order valence-electron chi connectivity index (χ4n) is 1.73. The molecule has 106 valence electrons. The summed E-state index contributed by atoms with van der Waals surface area (Å²) in [6.45, 7) is 0. The van der Waals surface area contributed by atoms with Gasteiger partial charge < -0.3 is 9.15 Å². The van der Waals surface area contributed by atoms with Crippen molar-refractivity contribution >= 4 is 11.8 Å². The summed E-state index contributed by atoms with van der Waals surface area (Å²) < 4.78 is 10.7. The molecule has 0 unspecified atom stereocenters. The van der Waals surface area contributed by atoms with Crippen LogP contribution in [-0.2, 0) is 5.75 Å². The molecular weight excluding hydrogens is 286 g/mol. The van der Waals surface area contributed by atoms with Crippen LogP contribution < -0.4 is 4.74 Å². The maximum absolute atomic E-state index is 5.59. The van der Waals surface area contributed by atoms with Gasteiger partial charge in [0.15, 0.2) is 0 Å². The summed E-state index contributed by atoms with van der Waals surface area (Å²) in [7, 11) is 1.65. The first-order valence-corrected chi connectivity index (χ1v) is 7.34. The minimum Gasteiger partial charge on any atom is -0.497 e. The van der Waals surface area contributed by atoms with Crippen molar-refractivity contribution in [2.45, 2.75) is 11.0 Å². The zero-order valence-electron chi connectivity index (χ0n) is 11.4. The SMILES string of the molecule is COc1ccc(CSc2nnc(-c3ccccn3)o2)cc1. The zero-order chi connectivity index (χ0) is 14.5. The van der Waals surface area contributed by atoms with E-state index < -0.39 is 0 Å². The van der Waals surface area contributed by atoms with Crippen molar-refractivity contribution in [3.05, 3.63) is 54.2 Å². The molecule has 6 heteroatoms. The first-order valence-electron chi connectivity index (χ1n) is 6.36. The van der Waals surface area contributed by atoms with Gasteiger partial charge in [0.25, 0.3) is 11.1 Å². The monoisotopic (exact) mass is 299 g/mol.